The Morgan fingerprint density at radius 1 is 1.29 bits per heavy atom. The van der Waals surface area contributed by atoms with Crippen LogP contribution in [0.5, 0.6) is 0 Å². The maximum Gasteiger partial charge on any atom is 0.318 e. The molecule has 3 aromatic heterocycles. The van der Waals surface area contributed by atoms with Crippen LogP contribution in [0.4, 0.5) is 10.6 Å². The van der Waals surface area contributed by atoms with Crippen LogP contribution in [-0.4, -0.2) is 71.5 Å². The Bertz CT molecular complexity index is 971. The Kier molecular flexibility index (Phi) is 4.80. The smallest absolute Gasteiger partial charge is 0.318 e. The number of nitrogens with one attached hydrogen (secondary N) is 1. The van der Waals surface area contributed by atoms with E-state index in [0.717, 1.165) is 23.9 Å². The van der Waals surface area contributed by atoms with E-state index in [2.05, 4.69) is 35.5 Å². The molecule has 4 rings (SSSR count). The summed E-state index contributed by atoms with van der Waals surface area (Å²) in [6, 6.07) is 1.71. The number of carbonyl (C=O) groups is 1. The third-order valence-electron chi connectivity index (χ3n) is 4.97. The summed E-state index contributed by atoms with van der Waals surface area (Å²) in [5, 5.41) is 15.3. The van der Waals surface area contributed by atoms with Crippen LogP contribution < -0.4 is 10.2 Å². The van der Waals surface area contributed by atoms with Gasteiger partial charge in [-0.15, -0.1) is 10.2 Å². The van der Waals surface area contributed by atoms with Gasteiger partial charge in [-0.1, -0.05) is 0 Å². The van der Waals surface area contributed by atoms with Gasteiger partial charge in [0.1, 0.15) is 18.5 Å². The lowest BCUT2D eigenvalue weighted by atomic mass is 10.3. The zero-order valence-corrected chi connectivity index (χ0v) is 16.3. The molecule has 11 heteroatoms. The highest BCUT2D eigenvalue weighted by molar-refractivity contribution is 5.75. The number of urea groups is 1. The number of aromatic nitrogens is 7. The van der Waals surface area contributed by atoms with Gasteiger partial charge in [-0.2, -0.15) is 14.6 Å². The number of nitrogens with zero attached hydrogens (tertiary/aromatic N) is 9. The van der Waals surface area contributed by atoms with Crippen molar-refractivity contribution in [1.82, 2.24) is 44.6 Å². The molecule has 3 aromatic rings. The molecule has 11 nitrogen and oxygen atoms in total. The molecule has 148 valence electrons. The van der Waals surface area contributed by atoms with E-state index in [1.807, 2.05) is 36.3 Å². The van der Waals surface area contributed by atoms with Crippen molar-refractivity contribution in [2.24, 2.45) is 0 Å². The topological polar surface area (TPSA) is 109 Å². The highest BCUT2D eigenvalue weighted by atomic mass is 16.2. The maximum absolute atomic E-state index is 12.7. The van der Waals surface area contributed by atoms with E-state index in [1.54, 1.807) is 10.8 Å². The van der Waals surface area contributed by atoms with E-state index in [1.165, 1.54) is 6.33 Å². The molecule has 1 unspecified atom stereocenters. The van der Waals surface area contributed by atoms with Gasteiger partial charge in [0.25, 0.3) is 5.78 Å². The molecule has 0 bridgehead atoms. The lowest BCUT2D eigenvalue weighted by Crippen LogP contribution is -2.52. The largest absolute Gasteiger partial charge is 0.353 e. The van der Waals surface area contributed by atoms with Crippen molar-refractivity contribution in [3.05, 3.63) is 30.2 Å². The molecule has 1 aliphatic heterocycles. The van der Waals surface area contributed by atoms with Gasteiger partial charge in [0, 0.05) is 44.5 Å². The number of aryl methyl sites for hydroxylation is 2. The van der Waals surface area contributed by atoms with E-state index in [9.17, 15) is 4.79 Å². The minimum atomic E-state index is -0.203. The second-order valence-electron chi connectivity index (χ2n) is 6.85. The van der Waals surface area contributed by atoms with E-state index in [4.69, 9.17) is 0 Å². The molecule has 1 fully saturated rings. The number of rotatable bonds is 4. The summed E-state index contributed by atoms with van der Waals surface area (Å²) < 4.78 is 3.67. The van der Waals surface area contributed by atoms with Gasteiger partial charge in [0.15, 0.2) is 5.82 Å². The molecule has 0 radical (unpaired) electrons. The highest BCUT2D eigenvalue weighted by Gasteiger charge is 2.25. The van der Waals surface area contributed by atoms with Crippen LogP contribution in [0.2, 0.25) is 0 Å². The molecule has 0 spiro atoms. The second-order valence-corrected chi connectivity index (χ2v) is 6.85. The molecule has 1 saturated heterocycles. The predicted octanol–water partition coefficient (Wildman–Crippen LogP) is 0.637. The molecule has 4 heterocycles. The van der Waals surface area contributed by atoms with E-state index in [-0.39, 0.29) is 12.1 Å². The summed E-state index contributed by atoms with van der Waals surface area (Å²) in [6.07, 6.45) is 3.18. The molecule has 0 aromatic carbocycles. The van der Waals surface area contributed by atoms with E-state index in [0.29, 0.717) is 32.0 Å². The molecular formula is C17H24N10O. The Labute approximate surface area is 162 Å². The number of anilines is 1. The third-order valence-corrected chi connectivity index (χ3v) is 4.97. The Balaban J connectivity index is 1.39. The fourth-order valence-corrected chi connectivity index (χ4v) is 3.46. The van der Waals surface area contributed by atoms with Crippen LogP contribution in [0.1, 0.15) is 31.4 Å². The quantitative estimate of drug-likeness (QED) is 0.703. The second kappa shape index (κ2) is 7.41. The average molecular weight is 384 g/mol. The van der Waals surface area contributed by atoms with Gasteiger partial charge in [0.05, 0.1) is 6.04 Å². The molecule has 0 saturated carbocycles. The van der Waals surface area contributed by atoms with Crippen LogP contribution in [0.15, 0.2) is 18.7 Å². The Morgan fingerprint density at radius 3 is 2.82 bits per heavy atom. The fourth-order valence-electron chi connectivity index (χ4n) is 3.46. The number of carbonyl (C=O) groups excluding carboxylic acids is 1. The summed E-state index contributed by atoms with van der Waals surface area (Å²) in [6.45, 7) is 9.32. The first kappa shape index (κ1) is 18.1. The minimum Gasteiger partial charge on any atom is -0.353 e. The molecule has 1 N–H and O–H groups in total. The Morgan fingerprint density at radius 2 is 2.07 bits per heavy atom. The van der Waals surface area contributed by atoms with Crippen molar-refractivity contribution < 1.29 is 4.79 Å². The van der Waals surface area contributed by atoms with Gasteiger partial charge in [-0.05, 0) is 20.8 Å². The van der Waals surface area contributed by atoms with Gasteiger partial charge in [-0.25, -0.2) is 9.78 Å². The molecular weight excluding hydrogens is 360 g/mol. The molecule has 0 aliphatic carbocycles. The van der Waals surface area contributed by atoms with Crippen molar-refractivity contribution in [2.75, 3.05) is 31.1 Å². The number of amides is 2. The summed E-state index contributed by atoms with van der Waals surface area (Å²) in [5.74, 6) is 2.30. The minimum absolute atomic E-state index is 0.0883. The predicted molar refractivity (Wildman–Crippen MR) is 102 cm³/mol. The van der Waals surface area contributed by atoms with Crippen molar-refractivity contribution >= 4 is 17.6 Å². The zero-order chi connectivity index (χ0) is 19.7. The summed E-state index contributed by atoms with van der Waals surface area (Å²) >= 11 is 0. The zero-order valence-electron chi connectivity index (χ0n) is 16.3. The fraction of sp³-hybridized carbons (Fsp3) is 0.529. The van der Waals surface area contributed by atoms with Gasteiger partial charge in [0.2, 0.25) is 0 Å². The monoisotopic (exact) mass is 384 g/mol. The van der Waals surface area contributed by atoms with Crippen molar-refractivity contribution in [3.8, 4) is 0 Å². The normalized spacial score (nSPS) is 15.8. The molecule has 2 amide bonds. The average Bonchev–Trinajstić information content (AvgIpc) is 3.36. The lowest BCUT2D eigenvalue weighted by Gasteiger charge is -2.36. The van der Waals surface area contributed by atoms with Crippen molar-refractivity contribution in [3.63, 3.8) is 0 Å². The summed E-state index contributed by atoms with van der Waals surface area (Å²) in [4.78, 5) is 25.3. The standard InChI is InChI=1S/C17H24N10O/c1-4-24-11-19-23-15(24)13(3)22-17(28)26-7-5-25(6-8-26)14-9-12(2)21-16-18-10-20-27(14)16/h9-11,13H,4-8H2,1-3H3,(H,22,28). The van der Waals surface area contributed by atoms with Crippen LogP contribution in [0.3, 0.4) is 0 Å². The van der Waals surface area contributed by atoms with Crippen LogP contribution in [-0.2, 0) is 6.54 Å². The van der Waals surface area contributed by atoms with E-state index >= 15 is 0 Å². The number of hydrogen-bond donors (Lipinski definition) is 1. The number of fused-ring (bicyclic) bond motifs is 1. The first-order chi connectivity index (χ1) is 13.6. The van der Waals surface area contributed by atoms with E-state index < -0.39 is 0 Å². The van der Waals surface area contributed by atoms with Crippen LogP contribution in [0, 0.1) is 6.92 Å². The first-order valence-electron chi connectivity index (χ1n) is 9.42. The number of piperazine rings is 1. The van der Waals surface area contributed by atoms with Crippen LogP contribution >= 0.6 is 0 Å². The maximum atomic E-state index is 12.7. The molecule has 1 atom stereocenters. The van der Waals surface area contributed by atoms with Crippen LogP contribution in [0.25, 0.3) is 5.78 Å². The Hall–Kier alpha value is -3.24. The van der Waals surface area contributed by atoms with Crippen molar-refractivity contribution in [2.45, 2.75) is 33.4 Å². The van der Waals surface area contributed by atoms with Crippen molar-refractivity contribution in [1.29, 1.82) is 0 Å². The first-order valence-corrected chi connectivity index (χ1v) is 9.42. The SMILES string of the molecule is CCn1cnnc1C(C)NC(=O)N1CCN(c2cc(C)nc3ncnn23)CC1. The number of hydrogen-bond acceptors (Lipinski definition) is 7. The lowest BCUT2D eigenvalue weighted by molar-refractivity contribution is 0.190. The molecule has 1 aliphatic rings. The van der Waals surface area contributed by atoms with Gasteiger partial charge in [-0.3, -0.25) is 0 Å². The summed E-state index contributed by atoms with van der Waals surface area (Å²) in [5.41, 5.74) is 0.893. The highest BCUT2D eigenvalue weighted by Crippen LogP contribution is 2.18. The van der Waals surface area contributed by atoms with Gasteiger partial charge < -0.3 is 19.7 Å². The molecule has 28 heavy (non-hydrogen) atoms. The van der Waals surface area contributed by atoms with Gasteiger partial charge >= 0.3 is 6.03 Å². The summed E-state index contributed by atoms with van der Waals surface area (Å²) in [7, 11) is 0. The third kappa shape index (κ3) is 3.35.